The molecule has 1 unspecified atom stereocenters. The third kappa shape index (κ3) is 4.80. The number of hydrogen-bond donors (Lipinski definition) is 1. The highest BCUT2D eigenvalue weighted by molar-refractivity contribution is 6.33. The van der Waals surface area contributed by atoms with Gasteiger partial charge >= 0.3 is 11.8 Å². The van der Waals surface area contributed by atoms with Gasteiger partial charge in [0.15, 0.2) is 5.65 Å². The highest BCUT2D eigenvalue weighted by Crippen LogP contribution is 2.35. The number of benzene rings is 1. The van der Waals surface area contributed by atoms with E-state index in [1.165, 1.54) is 21.6 Å². The number of fused-ring (bicyclic) bond motifs is 1. The van der Waals surface area contributed by atoms with Gasteiger partial charge in [0.2, 0.25) is 0 Å². The first kappa shape index (κ1) is 26.6. The molecule has 0 bridgehead atoms. The molecule has 0 aliphatic carbocycles. The van der Waals surface area contributed by atoms with Crippen LogP contribution in [0.15, 0.2) is 47.4 Å². The van der Waals surface area contributed by atoms with Crippen molar-refractivity contribution in [2.45, 2.75) is 39.7 Å². The fourth-order valence-electron chi connectivity index (χ4n) is 5.07. The minimum absolute atomic E-state index is 0.00881. The SMILES string of the molecule is Cc1ccnc(C(C)C)c1-n1c(=O)nc(N2CCN(C(=O)O)CC2C)c2cc(Cl)c(-c3ccc(F)cc3)nc21. The molecule has 1 aromatic carbocycles. The summed E-state index contributed by atoms with van der Waals surface area (Å²) in [5, 5.41) is 10.3. The highest BCUT2D eigenvalue weighted by Gasteiger charge is 2.30. The van der Waals surface area contributed by atoms with Crippen molar-refractivity contribution in [3.05, 3.63) is 75.2 Å². The molecule has 1 fully saturated rings. The van der Waals surface area contributed by atoms with Crippen LogP contribution in [0.3, 0.4) is 0 Å². The number of hydrogen-bond acceptors (Lipinski definition) is 6. The van der Waals surface area contributed by atoms with Gasteiger partial charge in [-0.2, -0.15) is 4.98 Å². The molecule has 9 nitrogen and oxygen atoms in total. The number of halogens is 2. The molecule has 0 spiro atoms. The zero-order valence-electron chi connectivity index (χ0n) is 22.0. The number of rotatable bonds is 4. The maximum Gasteiger partial charge on any atom is 0.407 e. The summed E-state index contributed by atoms with van der Waals surface area (Å²) in [4.78, 5) is 42.6. The van der Waals surface area contributed by atoms with Crippen molar-refractivity contribution in [3.8, 4) is 16.9 Å². The first-order valence-electron chi connectivity index (χ1n) is 12.7. The number of carbonyl (C=O) groups is 1. The van der Waals surface area contributed by atoms with Crippen LogP contribution in [0.5, 0.6) is 0 Å². The first-order valence-corrected chi connectivity index (χ1v) is 13.0. The molecule has 0 saturated carbocycles. The van der Waals surface area contributed by atoms with Gasteiger partial charge in [0.05, 0.1) is 27.5 Å². The van der Waals surface area contributed by atoms with Crippen molar-refractivity contribution in [2.75, 3.05) is 24.5 Å². The fraction of sp³-hybridized carbons (Fsp3) is 0.321. The maximum absolute atomic E-state index is 13.9. The number of piperazine rings is 1. The van der Waals surface area contributed by atoms with Gasteiger partial charge in [-0.1, -0.05) is 25.4 Å². The molecule has 11 heteroatoms. The molecule has 1 aliphatic heterocycles. The molecular weight excluding hydrogens is 523 g/mol. The highest BCUT2D eigenvalue weighted by atomic mass is 35.5. The average molecular weight is 551 g/mol. The van der Waals surface area contributed by atoms with Crippen LogP contribution in [-0.2, 0) is 0 Å². The second-order valence-electron chi connectivity index (χ2n) is 10.0. The standard InChI is InChI=1S/C28H28ClFN6O3/c1-15(2)22-24(16(3)9-10-31-22)36-26-20(13-21(29)23(32-26)18-5-7-19(30)8-6-18)25(33-27(36)37)35-12-11-34(28(38)39)14-17(35)4/h5-10,13,15,17H,11-12,14H2,1-4H3,(H,38,39). The lowest BCUT2D eigenvalue weighted by Crippen LogP contribution is -2.54. The number of carboxylic acid groups (broad SMARTS) is 1. The minimum atomic E-state index is -0.989. The average Bonchev–Trinajstić information content (AvgIpc) is 2.89. The number of aryl methyl sites for hydroxylation is 1. The summed E-state index contributed by atoms with van der Waals surface area (Å²) in [5.74, 6) is 0.00658. The smallest absolute Gasteiger partial charge is 0.407 e. The second-order valence-corrected chi connectivity index (χ2v) is 10.4. The van der Waals surface area contributed by atoms with Crippen molar-refractivity contribution in [2.24, 2.45) is 0 Å². The van der Waals surface area contributed by atoms with Gasteiger partial charge in [-0.3, -0.25) is 4.98 Å². The molecule has 1 saturated heterocycles. The normalized spacial score (nSPS) is 15.8. The van der Waals surface area contributed by atoms with Crippen molar-refractivity contribution < 1.29 is 14.3 Å². The van der Waals surface area contributed by atoms with E-state index in [0.29, 0.717) is 45.4 Å². The quantitative estimate of drug-likeness (QED) is 0.370. The van der Waals surface area contributed by atoms with E-state index < -0.39 is 11.8 Å². The Morgan fingerprint density at radius 3 is 2.51 bits per heavy atom. The van der Waals surface area contributed by atoms with E-state index in [-0.39, 0.29) is 30.9 Å². The van der Waals surface area contributed by atoms with E-state index in [4.69, 9.17) is 16.6 Å². The van der Waals surface area contributed by atoms with Gasteiger partial charge in [-0.25, -0.2) is 23.5 Å². The lowest BCUT2D eigenvalue weighted by atomic mass is 10.0. The van der Waals surface area contributed by atoms with E-state index in [1.807, 2.05) is 38.7 Å². The largest absolute Gasteiger partial charge is 0.465 e. The third-order valence-corrected chi connectivity index (χ3v) is 7.30. The summed E-state index contributed by atoms with van der Waals surface area (Å²) in [6.07, 6.45) is 0.720. The Balaban J connectivity index is 1.82. The zero-order chi connectivity index (χ0) is 28.0. The topological polar surface area (TPSA) is 104 Å². The molecule has 1 amide bonds. The molecule has 1 aliphatic rings. The van der Waals surface area contributed by atoms with Crippen LogP contribution in [0, 0.1) is 12.7 Å². The van der Waals surface area contributed by atoms with E-state index in [1.54, 1.807) is 24.4 Å². The second kappa shape index (κ2) is 10.3. The van der Waals surface area contributed by atoms with Crippen LogP contribution in [-0.4, -0.2) is 61.3 Å². The number of amides is 1. The lowest BCUT2D eigenvalue weighted by molar-refractivity contribution is 0.136. The Labute approximate surface area is 229 Å². The van der Waals surface area contributed by atoms with E-state index in [2.05, 4.69) is 9.97 Å². The molecule has 3 aromatic heterocycles. The Bertz CT molecular complexity index is 1640. The molecular formula is C28H28ClFN6O3. The van der Waals surface area contributed by atoms with Crippen molar-refractivity contribution in [3.63, 3.8) is 0 Å². The lowest BCUT2D eigenvalue weighted by Gasteiger charge is -2.39. The molecule has 0 radical (unpaired) electrons. The summed E-state index contributed by atoms with van der Waals surface area (Å²) in [7, 11) is 0. The van der Waals surface area contributed by atoms with Crippen molar-refractivity contribution >= 4 is 34.5 Å². The summed E-state index contributed by atoms with van der Waals surface area (Å²) in [6.45, 7) is 8.66. The summed E-state index contributed by atoms with van der Waals surface area (Å²) >= 11 is 6.75. The van der Waals surface area contributed by atoms with Gasteiger partial charge in [-0.05, 0) is 61.7 Å². The van der Waals surface area contributed by atoms with E-state index >= 15 is 0 Å². The monoisotopic (exact) mass is 550 g/mol. The molecule has 1 atom stereocenters. The summed E-state index contributed by atoms with van der Waals surface area (Å²) in [5.41, 5.74) is 2.93. The number of aromatic nitrogens is 4. The molecule has 5 rings (SSSR count). The van der Waals surface area contributed by atoms with Gasteiger partial charge in [0, 0.05) is 37.4 Å². The number of nitrogens with zero attached hydrogens (tertiary/aromatic N) is 6. The van der Waals surface area contributed by atoms with Crippen LogP contribution in [0.25, 0.3) is 28.0 Å². The number of pyridine rings is 2. The Kier molecular flexibility index (Phi) is 6.98. The number of anilines is 1. The van der Waals surface area contributed by atoms with Crippen LogP contribution >= 0.6 is 11.6 Å². The fourth-order valence-corrected chi connectivity index (χ4v) is 5.33. The predicted octanol–water partition coefficient (Wildman–Crippen LogP) is 5.26. The van der Waals surface area contributed by atoms with Crippen LogP contribution in [0.4, 0.5) is 15.0 Å². The van der Waals surface area contributed by atoms with Gasteiger partial charge < -0.3 is 14.9 Å². The van der Waals surface area contributed by atoms with Gasteiger partial charge in [0.1, 0.15) is 11.6 Å². The van der Waals surface area contributed by atoms with Crippen LogP contribution in [0.2, 0.25) is 5.02 Å². The summed E-state index contributed by atoms with van der Waals surface area (Å²) in [6, 6.07) is 9.13. The first-order chi connectivity index (χ1) is 18.6. The van der Waals surface area contributed by atoms with E-state index in [0.717, 1.165) is 11.3 Å². The molecule has 39 heavy (non-hydrogen) atoms. The Hall–Kier alpha value is -4.05. The predicted molar refractivity (Wildman–Crippen MR) is 149 cm³/mol. The van der Waals surface area contributed by atoms with Crippen LogP contribution < -0.4 is 10.6 Å². The van der Waals surface area contributed by atoms with Crippen LogP contribution in [0.1, 0.15) is 37.9 Å². The van der Waals surface area contributed by atoms with E-state index in [9.17, 15) is 19.1 Å². The Morgan fingerprint density at radius 1 is 1.15 bits per heavy atom. The molecule has 4 heterocycles. The summed E-state index contributed by atoms with van der Waals surface area (Å²) < 4.78 is 15.1. The molecule has 1 N–H and O–H groups in total. The maximum atomic E-state index is 13.9. The third-order valence-electron chi connectivity index (χ3n) is 7.01. The van der Waals surface area contributed by atoms with Gasteiger partial charge in [0.25, 0.3) is 0 Å². The molecule has 202 valence electrons. The van der Waals surface area contributed by atoms with Crippen molar-refractivity contribution in [1.82, 2.24) is 24.4 Å². The molecule has 4 aromatic rings. The zero-order valence-corrected chi connectivity index (χ0v) is 22.8. The van der Waals surface area contributed by atoms with Crippen molar-refractivity contribution in [1.29, 1.82) is 0 Å². The Morgan fingerprint density at radius 2 is 1.87 bits per heavy atom. The van der Waals surface area contributed by atoms with Gasteiger partial charge in [-0.15, -0.1) is 0 Å². The minimum Gasteiger partial charge on any atom is -0.465 e.